The van der Waals surface area contributed by atoms with Crippen LogP contribution in [0.4, 0.5) is 4.39 Å². The highest BCUT2D eigenvalue weighted by Crippen LogP contribution is 2.18. The maximum atomic E-state index is 12.9. The molecule has 0 radical (unpaired) electrons. The van der Waals surface area contributed by atoms with Gasteiger partial charge in [0.05, 0.1) is 10.6 Å². The molecule has 6 nitrogen and oxygen atoms in total. The SMILES string of the molecule is Cc1noc(C)c1CC(C)C(=O)NS(=O)(=O)c1ccc(F)cc1. The van der Waals surface area contributed by atoms with Gasteiger partial charge in [-0.15, -0.1) is 0 Å². The summed E-state index contributed by atoms with van der Waals surface area (Å²) < 4.78 is 44.1. The van der Waals surface area contributed by atoms with E-state index in [1.165, 1.54) is 0 Å². The Morgan fingerprint density at radius 3 is 2.43 bits per heavy atom. The number of hydrogen-bond donors (Lipinski definition) is 1. The summed E-state index contributed by atoms with van der Waals surface area (Å²) in [5.41, 5.74) is 1.45. The van der Waals surface area contributed by atoms with E-state index >= 15 is 0 Å². The second-order valence-corrected chi connectivity index (χ2v) is 7.01. The monoisotopic (exact) mass is 340 g/mol. The zero-order chi connectivity index (χ0) is 17.2. The molecule has 0 aliphatic heterocycles. The lowest BCUT2D eigenvalue weighted by Crippen LogP contribution is -2.35. The quantitative estimate of drug-likeness (QED) is 0.900. The van der Waals surface area contributed by atoms with Crippen molar-refractivity contribution in [3.63, 3.8) is 0 Å². The molecule has 0 aliphatic rings. The summed E-state index contributed by atoms with van der Waals surface area (Å²) in [6.07, 6.45) is 0.311. The lowest BCUT2D eigenvalue weighted by atomic mass is 9.99. The van der Waals surface area contributed by atoms with E-state index in [1.807, 2.05) is 4.72 Å². The number of halogens is 1. The zero-order valence-corrected chi connectivity index (χ0v) is 13.8. The first-order valence-electron chi connectivity index (χ1n) is 6.94. The fraction of sp³-hybridized carbons (Fsp3) is 0.333. The first kappa shape index (κ1) is 17.1. The Morgan fingerprint density at radius 1 is 1.30 bits per heavy atom. The second-order valence-electron chi connectivity index (χ2n) is 5.33. The molecule has 0 aliphatic carbocycles. The Balaban J connectivity index is 2.10. The van der Waals surface area contributed by atoms with Crippen molar-refractivity contribution in [3.8, 4) is 0 Å². The minimum absolute atomic E-state index is 0.170. The van der Waals surface area contributed by atoms with Crippen molar-refractivity contribution in [1.82, 2.24) is 9.88 Å². The molecule has 0 saturated heterocycles. The van der Waals surface area contributed by atoms with Crippen LogP contribution in [0.25, 0.3) is 0 Å². The normalized spacial score (nSPS) is 12.9. The summed E-state index contributed by atoms with van der Waals surface area (Å²) in [5.74, 6) is -1.19. The summed E-state index contributed by atoms with van der Waals surface area (Å²) >= 11 is 0. The van der Waals surface area contributed by atoms with Crippen LogP contribution in [0.15, 0.2) is 33.7 Å². The third-order valence-electron chi connectivity index (χ3n) is 3.50. The van der Waals surface area contributed by atoms with Gasteiger partial charge < -0.3 is 4.52 Å². The number of nitrogens with one attached hydrogen (secondary N) is 1. The van der Waals surface area contributed by atoms with Crippen LogP contribution in [0.3, 0.4) is 0 Å². The maximum Gasteiger partial charge on any atom is 0.264 e. The fourth-order valence-electron chi connectivity index (χ4n) is 2.10. The van der Waals surface area contributed by atoms with Gasteiger partial charge in [-0.05, 0) is 44.5 Å². The molecule has 1 atom stereocenters. The third kappa shape index (κ3) is 3.95. The van der Waals surface area contributed by atoms with Crippen molar-refractivity contribution in [1.29, 1.82) is 0 Å². The number of carbonyl (C=O) groups is 1. The maximum absolute atomic E-state index is 12.9. The zero-order valence-electron chi connectivity index (χ0n) is 13.0. The smallest absolute Gasteiger partial charge is 0.264 e. The van der Waals surface area contributed by atoms with Crippen molar-refractivity contribution in [2.45, 2.75) is 32.1 Å². The second kappa shape index (κ2) is 6.49. The van der Waals surface area contributed by atoms with Crippen molar-refractivity contribution in [2.24, 2.45) is 5.92 Å². The van der Waals surface area contributed by atoms with Gasteiger partial charge in [0.15, 0.2) is 0 Å². The summed E-state index contributed by atoms with van der Waals surface area (Å²) in [5, 5.41) is 3.80. The van der Waals surface area contributed by atoms with Crippen LogP contribution in [-0.4, -0.2) is 19.5 Å². The van der Waals surface area contributed by atoms with E-state index in [2.05, 4.69) is 5.16 Å². The molecule has 1 aromatic heterocycles. The largest absolute Gasteiger partial charge is 0.361 e. The average Bonchev–Trinajstić information content (AvgIpc) is 2.79. The first-order chi connectivity index (χ1) is 10.7. The average molecular weight is 340 g/mol. The number of aryl methyl sites for hydroxylation is 2. The van der Waals surface area contributed by atoms with E-state index < -0.39 is 27.7 Å². The predicted octanol–water partition coefficient (Wildman–Crippen LogP) is 2.11. The number of nitrogens with zero attached hydrogens (tertiary/aromatic N) is 1. The van der Waals surface area contributed by atoms with Crippen LogP contribution in [0, 0.1) is 25.6 Å². The highest BCUT2D eigenvalue weighted by molar-refractivity contribution is 7.90. The molecule has 1 N–H and O–H groups in total. The molecule has 23 heavy (non-hydrogen) atoms. The first-order valence-corrected chi connectivity index (χ1v) is 8.43. The Bertz CT molecular complexity index is 793. The molecule has 124 valence electrons. The molecule has 0 saturated carbocycles. The lowest BCUT2D eigenvalue weighted by Gasteiger charge is -2.12. The molecular weight excluding hydrogens is 323 g/mol. The van der Waals surface area contributed by atoms with Crippen molar-refractivity contribution in [3.05, 3.63) is 47.1 Å². The molecule has 1 unspecified atom stereocenters. The third-order valence-corrected chi connectivity index (χ3v) is 4.86. The Hall–Kier alpha value is -2.22. The number of benzene rings is 1. The summed E-state index contributed by atoms with van der Waals surface area (Å²) in [6, 6.07) is 4.24. The van der Waals surface area contributed by atoms with Gasteiger partial charge in [0.25, 0.3) is 10.0 Å². The molecule has 2 aromatic rings. The van der Waals surface area contributed by atoms with E-state index in [1.54, 1.807) is 20.8 Å². The van der Waals surface area contributed by atoms with Crippen LogP contribution in [-0.2, 0) is 21.2 Å². The van der Waals surface area contributed by atoms with Gasteiger partial charge >= 0.3 is 0 Å². The Morgan fingerprint density at radius 2 is 1.91 bits per heavy atom. The van der Waals surface area contributed by atoms with Crippen LogP contribution >= 0.6 is 0 Å². The molecule has 0 fully saturated rings. The standard InChI is InChI=1S/C15H17FN2O4S/c1-9(8-14-10(2)17-22-11(14)3)15(19)18-23(20,21)13-6-4-12(16)5-7-13/h4-7,9H,8H2,1-3H3,(H,18,19). The topological polar surface area (TPSA) is 89.3 Å². The molecule has 0 spiro atoms. The van der Waals surface area contributed by atoms with E-state index in [0.29, 0.717) is 17.9 Å². The van der Waals surface area contributed by atoms with Gasteiger partial charge in [0.2, 0.25) is 5.91 Å². The van der Waals surface area contributed by atoms with E-state index in [0.717, 1.165) is 29.8 Å². The predicted molar refractivity (Wildman–Crippen MR) is 80.6 cm³/mol. The minimum Gasteiger partial charge on any atom is -0.361 e. The van der Waals surface area contributed by atoms with E-state index in [-0.39, 0.29) is 4.90 Å². The van der Waals surface area contributed by atoms with Crippen LogP contribution < -0.4 is 4.72 Å². The number of sulfonamides is 1. The number of hydrogen-bond acceptors (Lipinski definition) is 5. The molecule has 2 rings (SSSR count). The molecule has 0 bridgehead atoms. The molecular formula is C15H17FN2O4S. The molecule has 8 heteroatoms. The number of rotatable bonds is 5. The van der Waals surface area contributed by atoms with Gasteiger partial charge in [0.1, 0.15) is 11.6 Å². The van der Waals surface area contributed by atoms with Gasteiger partial charge in [-0.3, -0.25) is 4.79 Å². The number of aromatic nitrogens is 1. The highest BCUT2D eigenvalue weighted by Gasteiger charge is 2.23. The van der Waals surface area contributed by atoms with E-state index in [9.17, 15) is 17.6 Å². The van der Waals surface area contributed by atoms with Gasteiger partial charge in [0, 0.05) is 11.5 Å². The van der Waals surface area contributed by atoms with Crippen LogP contribution in [0.5, 0.6) is 0 Å². The van der Waals surface area contributed by atoms with Crippen molar-refractivity contribution in [2.75, 3.05) is 0 Å². The van der Waals surface area contributed by atoms with E-state index in [4.69, 9.17) is 4.52 Å². The summed E-state index contributed by atoms with van der Waals surface area (Å²) in [6.45, 7) is 5.10. The highest BCUT2D eigenvalue weighted by atomic mass is 32.2. The fourth-order valence-corrected chi connectivity index (χ4v) is 3.18. The molecule has 1 heterocycles. The van der Waals surface area contributed by atoms with Crippen molar-refractivity contribution >= 4 is 15.9 Å². The molecule has 1 amide bonds. The van der Waals surface area contributed by atoms with Gasteiger partial charge in [-0.2, -0.15) is 0 Å². The Kier molecular flexibility index (Phi) is 4.84. The van der Waals surface area contributed by atoms with Gasteiger partial charge in [-0.1, -0.05) is 12.1 Å². The number of carbonyl (C=O) groups excluding carboxylic acids is 1. The van der Waals surface area contributed by atoms with Gasteiger partial charge in [-0.25, -0.2) is 17.5 Å². The summed E-state index contributed by atoms with van der Waals surface area (Å²) in [7, 11) is -4.03. The van der Waals surface area contributed by atoms with Crippen molar-refractivity contribution < 1.29 is 22.1 Å². The lowest BCUT2D eigenvalue weighted by molar-refractivity contribution is -0.122. The number of amides is 1. The summed E-state index contributed by atoms with van der Waals surface area (Å²) in [4.78, 5) is 12.0. The Labute approximate surface area is 133 Å². The van der Waals surface area contributed by atoms with Crippen LogP contribution in [0.2, 0.25) is 0 Å². The minimum atomic E-state index is -4.03. The molecule has 1 aromatic carbocycles. The van der Waals surface area contributed by atoms with Crippen LogP contribution in [0.1, 0.15) is 23.9 Å².